The smallest absolute Gasteiger partial charge is 0.224 e. The van der Waals surface area contributed by atoms with Crippen LogP contribution in [-0.2, 0) is 4.79 Å². The zero-order valence-electron chi connectivity index (χ0n) is 13.1. The van der Waals surface area contributed by atoms with Gasteiger partial charge in [0, 0.05) is 45.3 Å². The average molecular weight is 332 g/mol. The number of nitrogens with zero attached hydrogens (tertiary/aromatic N) is 5. The first-order chi connectivity index (χ1) is 11.2. The Morgan fingerprint density at radius 1 is 1.26 bits per heavy atom. The van der Waals surface area contributed by atoms with Gasteiger partial charge in [-0.15, -0.1) is 10.2 Å². The lowest BCUT2D eigenvalue weighted by molar-refractivity contribution is -0.131. The highest BCUT2D eigenvalue weighted by Gasteiger charge is 2.21. The standard InChI is InChI=1S/C15H20N6OS/c1-12-18-19-15(23-12)17-7-5-14(22)21-10-8-20(9-11-21)13-4-2-3-6-16-13/h2-4,6H,5,7-11H2,1H3,(H,17,19). The summed E-state index contributed by atoms with van der Waals surface area (Å²) in [7, 11) is 0. The number of pyridine rings is 1. The molecule has 0 aromatic carbocycles. The molecule has 3 heterocycles. The number of carbonyl (C=O) groups is 1. The normalized spacial score (nSPS) is 14.8. The highest BCUT2D eigenvalue weighted by atomic mass is 32.1. The van der Waals surface area contributed by atoms with Crippen molar-refractivity contribution in [1.29, 1.82) is 0 Å². The number of piperazine rings is 1. The number of rotatable bonds is 5. The molecule has 2 aromatic rings. The Hall–Kier alpha value is -2.22. The van der Waals surface area contributed by atoms with Crippen LogP contribution in [0.1, 0.15) is 11.4 Å². The van der Waals surface area contributed by atoms with E-state index in [0.29, 0.717) is 13.0 Å². The van der Waals surface area contributed by atoms with E-state index in [1.165, 1.54) is 11.3 Å². The fourth-order valence-corrected chi connectivity index (χ4v) is 3.15. The second-order valence-corrected chi connectivity index (χ2v) is 6.54. The van der Waals surface area contributed by atoms with Crippen molar-refractivity contribution in [2.75, 3.05) is 42.9 Å². The van der Waals surface area contributed by atoms with Gasteiger partial charge in [-0.2, -0.15) is 0 Å². The van der Waals surface area contributed by atoms with Gasteiger partial charge in [0.1, 0.15) is 10.8 Å². The van der Waals surface area contributed by atoms with Gasteiger partial charge in [-0.3, -0.25) is 4.79 Å². The molecule has 3 rings (SSSR count). The molecule has 1 N–H and O–H groups in total. The fourth-order valence-electron chi connectivity index (χ4n) is 2.53. The second-order valence-electron chi connectivity index (χ2n) is 5.36. The van der Waals surface area contributed by atoms with Crippen LogP contribution in [0.15, 0.2) is 24.4 Å². The van der Waals surface area contributed by atoms with Gasteiger partial charge >= 0.3 is 0 Å². The molecule has 8 heteroatoms. The van der Waals surface area contributed by atoms with Crippen LogP contribution in [-0.4, -0.2) is 58.7 Å². The van der Waals surface area contributed by atoms with E-state index in [2.05, 4.69) is 25.4 Å². The van der Waals surface area contributed by atoms with Crippen LogP contribution >= 0.6 is 11.3 Å². The van der Waals surface area contributed by atoms with Crippen LogP contribution < -0.4 is 10.2 Å². The lowest BCUT2D eigenvalue weighted by atomic mass is 10.2. The van der Waals surface area contributed by atoms with Crippen molar-refractivity contribution < 1.29 is 4.79 Å². The van der Waals surface area contributed by atoms with Gasteiger partial charge in [-0.25, -0.2) is 4.98 Å². The maximum atomic E-state index is 12.3. The molecule has 0 aliphatic carbocycles. The van der Waals surface area contributed by atoms with Crippen molar-refractivity contribution in [3.63, 3.8) is 0 Å². The van der Waals surface area contributed by atoms with Crippen LogP contribution in [0.3, 0.4) is 0 Å². The van der Waals surface area contributed by atoms with Crippen molar-refractivity contribution in [2.45, 2.75) is 13.3 Å². The molecule has 0 radical (unpaired) electrons. The summed E-state index contributed by atoms with van der Waals surface area (Å²) in [5.41, 5.74) is 0. The highest BCUT2D eigenvalue weighted by molar-refractivity contribution is 7.15. The third-order valence-electron chi connectivity index (χ3n) is 3.75. The Kier molecular flexibility index (Phi) is 5.02. The molecule has 1 aliphatic rings. The Labute approximate surface area is 139 Å². The van der Waals surface area contributed by atoms with Crippen LogP contribution in [0.5, 0.6) is 0 Å². The number of nitrogens with one attached hydrogen (secondary N) is 1. The number of anilines is 2. The van der Waals surface area contributed by atoms with Gasteiger partial charge in [0.05, 0.1) is 0 Å². The Balaban J connectivity index is 1.41. The summed E-state index contributed by atoms with van der Waals surface area (Å²) < 4.78 is 0. The van der Waals surface area contributed by atoms with Crippen molar-refractivity contribution >= 4 is 28.2 Å². The number of carbonyl (C=O) groups excluding carboxylic acids is 1. The van der Waals surface area contributed by atoms with Crippen LogP contribution in [0.2, 0.25) is 0 Å². The molecular weight excluding hydrogens is 312 g/mol. The maximum absolute atomic E-state index is 12.3. The van der Waals surface area contributed by atoms with Crippen molar-refractivity contribution in [1.82, 2.24) is 20.1 Å². The average Bonchev–Trinajstić information content (AvgIpc) is 3.01. The molecule has 122 valence electrons. The summed E-state index contributed by atoms with van der Waals surface area (Å²) >= 11 is 1.50. The van der Waals surface area contributed by atoms with Crippen molar-refractivity contribution in [3.8, 4) is 0 Å². The van der Waals surface area contributed by atoms with Crippen molar-refractivity contribution in [2.24, 2.45) is 0 Å². The van der Waals surface area contributed by atoms with Gasteiger partial charge < -0.3 is 15.1 Å². The monoisotopic (exact) mass is 332 g/mol. The number of hydrogen-bond acceptors (Lipinski definition) is 7. The van der Waals surface area contributed by atoms with Crippen LogP contribution in [0.25, 0.3) is 0 Å². The van der Waals surface area contributed by atoms with E-state index in [1.807, 2.05) is 30.0 Å². The lowest BCUT2D eigenvalue weighted by Crippen LogP contribution is -2.49. The molecule has 0 bridgehead atoms. The van der Waals surface area contributed by atoms with E-state index < -0.39 is 0 Å². The first-order valence-corrected chi connectivity index (χ1v) is 8.52. The SMILES string of the molecule is Cc1nnc(NCCC(=O)N2CCN(c3ccccn3)CC2)s1. The Bertz CT molecular complexity index is 638. The topological polar surface area (TPSA) is 74.2 Å². The summed E-state index contributed by atoms with van der Waals surface area (Å²) in [5, 5.41) is 12.8. The predicted molar refractivity (Wildman–Crippen MR) is 90.8 cm³/mol. The maximum Gasteiger partial charge on any atom is 0.224 e. The summed E-state index contributed by atoms with van der Waals surface area (Å²) in [6, 6.07) is 5.90. The Morgan fingerprint density at radius 2 is 2.09 bits per heavy atom. The van der Waals surface area contributed by atoms with Crippen LogP contribution in [0.4, 0.5) is 10.9 Å². The molecule has 2 aromatic heterocycles. The third kappa shape index (κ3) is 4.16. The zero-order valence-corrected chi connectivity index (χ0v) is 13.9. The van der Waals surface area contributed by atoms with E-state index in [1.54, 1.807) is 6.20 Å². The number of aryl methyl sites for hydroxylation is 1. The molecule has 7 nitrogen and oxygen atoms in total. The highest BCUT2D eigenvalue weighted by Crippen LogP contribution is 2.15. The summed E-state index contributed by atoms with van der Waals surface area (Å²) in [6.07, 6.45) is 2.27. The number of amides is 1. The zero-order chi connectivity index (χ0) is 16.1. The van der Waals surface area contributed by atoms with Gasteiger partial charge in [-0.1, -0.05) is 17.4 Å². The summed E-state index contributed by atoms with van der Waals surface area (Å²) in [5.74, 6) is 1.16. The van der Waals surface area contributed by atoms with E-state index in [-0.39, 0.29) is 5.91 Å². The van der Waals surface area contributed by atoms with E-state index in [0.717, 1.165) is 42.1 Å². The van der Waals surface area contributed by atoms with Gasteiger partial charge in [0.15, 0.2) is 0 Å². The minimum atomic E-state index is 0.180. The molecule has 1 aliphatic heterocycles. The molecule has 23 heavy (non-hydrogen) atoms. The van der Waals surface area contributed by atoms with Gasteiger partial charge in [-0.05, 0) is 19.1 Å². The molecule has 1 saturated heterocycles. The largest absolute Gasteiger partial charge is 0.360 e. The van der Waals surface area contributed by atoms with Crippen LogP contribution in [0, 0.1) is 6.92 Å². The number of hydrogen-bond donors (Lipinski definition) is 1. The first kappa shape index (κ1) is 15.7. The predicted octanol–water partition coefficient (Wildman–Crippen LogP) is 1.39. The molecule has 1 amide bonds. The molecule has 0 unspecified atom stereocenters. The molecule has 0 spiro atoms. The minimum Gasteiger partial charge on any atom is -0.360 e. The molecule has 0 atom stereocenters. The lowest BCUT2D eigenvalue weighted by Gasteiger charge is -2.35. The van der Waals surface area contributed by atoms with E-state index in [9.17, 15) is 4.79 Å². The molecular formula is C15H20N6OS. The van der Waals surface area contributed by atoms with Gasteiger partial charge in [0.2, 0.25) is 11.0 Å². The first-order valence-electron chi connectivity index (χ1n) is 7.70. The summed E-state index contributed by atoms with van der Waals surface area (Å²) in [6.45, 7) is 5.64. The summed E-state index contributed by atoms with van der Waals surface area (Å²) in [4.78, 5) is 20.8. The quantitative estimate of drug-likeness (QED) is 0.892. The van der Waals surface area contributed by atoms with Gasteiger partial charge in [0.25, 0.3) is 0 Å². The third-order valence-corrected chi connectivity index (χ3v) is 4.54. The second kappa shape index (κ2) is 7.36. The Morgan fingerprint density at radius 3 is 2.74 bits per heavy atom. The molecule has 1 fully saturated rings. The van der Waals surface area contributed by atoms with E-state index >= 15 is 0 Å². The fraction of sp³-hybridized carbons (Fsp3) is 0.467. The van der Waals surface area contributed by atoms with Crippen molar-refractivity contribution in [3.05, 3.63) is 29.4 Å². The minimum absolute atomic E-state index is 0.180. The van der Waals surface area contributed by atoms with E-state index in [4.69, 9.17) is 0 Å². The molecule has 0 saturated carbocycles. The number of aromatic nitrogens is 3.